The van der Waals surface area contributed by atoms with E-state index in [1.54, 1.807) is 18.2 Å². The van der Waals surface area contributed by atoms with E-state index in [2.05, 4.69) is 10.2 Å². The second-order valence-electron chi connectivity index (χ2n) is 5.88. The van der Waals surface area contributed by atoms with Crippen LogP contribution in [-0.4, -0.2) is 19.0 Å². The molecule has 0 spiro atoms. The Balaban J connectivity index is 1.72. The number of halogens is 1. The molecule has 3 rings (SSSR count). The SMILES string of the molecule is O=C(Cc1ccccc1F)Nc1ccccc1N1CCCCC1. The van der Waals surface area contributed by atoms with Crippen LogP contribution in [0.2, 0.25) is 0 Å². The van der Waals surface area contributed by atoms with Crippen LogP contribution in [0.3, 0.4) is 0 Å². The van der Waals surface area contributed by atoms with Gasteiger partial charge in [-0.05, 0) is 43.0 Å². The minimum atomic E-state index is -0.341. The third-order valence-corrected chi connectivity index (χ3v) is 4.18. The first-order valence-corrected chi connectivity index (χ1v) is 8.11. The Morgan fingerprint density at radius 1 is 1.00 bits per heavy atom. The highest BCUT2D eigenvalue weighted by Gasteiger charge is 2.16. The highest BCUT2D eigenvalue weighted by molar-refractivity contribution is 5.95. The molecule has 120 valence electrons. The van der Waals surface area contributed by atoms with Crippen LogP contribution in [-0.2, 0) is 11.2 Å². The summed E-state index contributed by atoms with van der Waals surface area (Å²) in [6, 6.07) is 14.2. The van der Waals surface area contributed by atoms with E-state index in [-0.39, 0.29) is 18.1 Å². The van der Waals surface area contributed by atoms with Gasteiger partial charge in [0.1, 0.15) is 5.82 Å². The Labute approximate surface area is 136 Å². The lowest BCUT2D eigenvalue weighted by molar-refractivity contribution is -0.115. The van der Waals surface area contributed by atoms with Crippen molar-refractivity contribution in [3.63, 3.8) is 0 Å². The smallest absolute Gasteiger partial charge is 0.228 e. The quantitative estimate of drug-likeness (QED) is 0.925. The van der Waals surface area contributed by atoms with Crippen LogP contribution in [0.4, 0.5) is 15.8 Å². The van der Waals surface area contributed by atoms with Gasteiger partial charge in [-0.1, -0.05) is 30.3 Å². The van der Waals surface area contributed by atoms with Gasteiger partial charge in [-0.2, -0.15) is 0 Å². The van der Waals surface area contributed by atoms with Crippen molar-refractivity contribution in [2.24, 2.45) is 0 Å². The van der Waals surface area contributed by atoms with Gasteiger partial charge in [0.15, 0.2) is 0 Å². The molecule has 0 radical (unpaired) electrons. The molecule has 1 saturated heterocycles. The van der Waals surface area contributed by atoms with Gasteiger partial charge in [0, 0.05) is 13.1 Å². The molecule has 4 heteroatoms. The molecule has 0 saturated carbocycles. The van der Waals surface area contributed by atoms with Crippen LogP contribution in [0.1, 0.15) is 24.8 Å². The lowest BCUT2D eigenvalue weighted by atomic mass is 10.1. The second kappa shape index (κ2) is 7.27. The Morgan fingerprint density at radius 3 is 2.48 bits per heavy atom. The Kier molecular flexibility index (Phi) is 4.91. The molecule has 2 aromatic carbocycles. The topological polar surface area (TPSA) is 32.3 Å². The maximum Gasteiger partial charge on any atom is 0.228 e. The number of para-hydroxylation sites is 2. The summed E-state index contributed by atoms with van der Waals surface area (Å²) in [7, 11) is 0. The van der Waals surface area contributed by atoms with Crippen molar-refractivity contribution in [3.05, 3.63) is 59.9 Å². The van der Waals surface area contributed by atoms with E-state index < -0.39 is 0 Å². The maximum atomic E-state index is 13.7. The van der Waals surface area contributed by atoms with Gasteiger partial charge in [0.25, 0.3) is 0 Å². The average Bonchev–Trinajstić information content (AvgIpc) is 2.58. The maximum absolute atomic E-state index is 13.7. The van der Waals surface area contributed by atoms with Crippen molar-refractivity contribution in [1.82, 2.24) is 0 Å². The van der Waals surface area contributed by atoms with Gasteiger partial charge in [-0.25, -0.2) is 4.39 Å². The van der Waals surface area contributed by atoms with Gasteiger partial charge in [0.05, 0.1) is 17.8 Å². The van der Waals surface area contributed by atoms with E-state index in [1.807, 2.05) is 24.3 Å². The molecule has 0 aliphatic carbocycles. The van der Waals surface area contributed by atoms with E-state index in [4.69, 9.17) is 0 Å². The van der Waals surface area contributed by atoms with Gasteiger partial charge in [0.2, 0.25) is 5.91 Å². The number of carbonyl (C=O) groups is 1. The molecule has 1 amide bonds. The molecule has 0 atom stereocenters. The number of rotatable bonds is 4. The van der Waals surface area contributed by atoms with Crippen molar-refractivity contribution in [3.8, 4) is 0 Å². The minimum absolute atomic E-state index is 0.0427. The Morgan fingerprint density at radius 2 is 1.70 bits per heavy atom. The second-order valence-corrected chi connectivity index (χ2v) is 5.88. The highest BCUT2D eigenvalue weighted by Crippen LogP contribution is 2.28. The number of nitrogens with zero attached hydrogens (tertiary/aromatic N) is 1. The molecule has 1 fully saturated rings. The number of anilines is 2. The van der Waals surface area contributed by atoms with Gasteiger partial charge >= 0.3 is 0 Å². The largest absolute Gasteiger partial charge is 0.370 e. The zero-order valence-electron chi connectivity index (χ0n) is 13.1. The van der Waals surface area contributed by atoms with Crippen molar-refractivity contribution in [1.29, 1.82) is 0 Å². The van der Waals surface area contributed by atoms with Crippen molar-refractivity contribution in [2.75, 3.05) is 23.3 Å². The first-order valence-electron chi connectivity index (χ1n) is 8.11. The predicted octanol–water partition coefficient (Wildman–Crippen LogP) is 4.00. The zero-order chi connectivity index (χ0) is 16.1. The molecule has 0 aromatic heterocycles. The molecule has 3 nitrogen and oxygen atoms in total. The van der Waals surface area contributed by atoms with Crippen LogP contribution in [0.5, 0.6) is 0 Å². The fraction of sp³-hybridized carbons (Fsp3) is 0.316. The number of nitrogens with one attached hydrogen (secondary N) is 1. The summed E-state index contributed by atoms with van der Waals surface area (Å²) in [5, 5.41) is 2.94. The van der Waals surface area contributed by atoms with E-state index in [0.717, 1.165) is 24.5 Å². The Hall–Kier alpha value is -2.36. The molecule has 0 unspecified atom stereocenters. The molecule has 1 N–H and O–H groups in total. The van der Waals surface area contributed by atoms with E-state index in [9.17, 15) is 9.18 Å². The van der Waals surface area contributed by atoms with Crippen molar-refractivity contribution >= 4 is 17.3 Å². The molecule has 2 aromatic rings. The summed E-state index contributed by atoms with van der Waals surface area (Å²) in [6.07, 6.45) is 3.66. The molecule has 23 heavy (non-hydrogen) atoms. The average molecular weight is 312 g/mol. The summed E-state index contributed by atoms with van der Waals surface area (Å²) in [5.41, 5.74) is 2.27. The van der Waals surface area contributed by atoms with E-state index >= 15 is 0 Å². The van der Waals surface area contributed by atoms with Gasteiger partial charge < -0.3 is 10.2 Å². The number of piperidine rings is 1. The summed E-state index contributed by atoms with van der Waals surface area (Å²) < 4.78 is 13.7. The highest BCUT2D eigenvalue weighted by atomic mass is 19.1. The number of carbonyl (C=O) groups excluding carboxylic acids is 1. The van der Waals surface area contributed by atoms with Crippen LogP contribution < -0.4 is 10.2 Å². The first kappa shape index (κ1) is 15.5. The monoisotopic (exact) mass is 312 g/mol. The molecular weight excluding hydrogens is 291 g/mol. The van der Waals surface area contributed by atoms with Gasteiger partial charge in [-0.15, -0.1) is 0 Å². The molecular formula is C19H21FN2O. The predicted molar refractivity (Wildman–Crippen MR) is 91.2 cm³/mol. The molecule has 1 aliphatic heterocycles. The third kappa shape index (κ3) is 3.89. The normalized spacial score (nSPS) is 14.6. The fourth-order valence-electron chi connectivity index (χ4n) is 3.00. The Bertz CT molecular complexity index is 681. The van der Waals surface area contributed by atoms with Crippen LogP contribution >= 0.6 is 0 Å². The van der Waals surface area contributed by atoms with Crippen LogP contribution in [0, 0.1) is 5.82 Å². The lowest BCUT2D eigenvalue weighted by Crippen LogP contribution is -2.30. The minimum Gasteiger partial charge on any atom is -0.370 e. The fourth-order valence-corrected chi connectivity index (χ4v) is 3.00. The summed E-state index contributed by atoms with van der Waals surface area (Å²) in [6.45, 7) is 2.03. The number of benzene rings is 2. The van der Waals surface area contributed by atoms with Crippen LogP contribution in [0.25, 0.3) is 0 Å². The zero-order valence-corrected chi connectivity index (χ0v) is 13.1. The van der Waals surface area contributed by atoms with Crippen molar-refractivity contribution < 1.29 is 9.18 Å². The first-order chi connectivity index (χ1) is 11.2. The lowest BCUT2D eigenvalue weighted by Gasteiger charge is -2.30. The molecule has 1 aliphatic rings. The van der Waals surface area contributed by atoms with E-state index in [1.165, 1.54) is 25.3 Å². The summed E-state index contributed by atoms with van der Waals surface area (Å²) >= 11 is 0. The number of hydrogen-bond acceptors (Lipinski definition) is 2. The molecule has 1 heterocycles. The molecule has 0 bridgehead atoms. The summed E-state index contributed by atoms with van der Waals surface area (Å²) in [5.74, 6) is -0.536. The standard InChI is InChI=1S/C19H21FN2O/c20-16-9-3-2-8-15(16)14-19(23)21-17-10-4-5-11-18(17)22-12-6-1-7-13-22/h2-5,8-11H,1,6-7,12-14H2,(H,21,23). The van der Waals surface area contributed by atoms with Crippen LogP contribution in [0.15, 0.2) is 48.5 Å². The number of hydrogen-bond donors (Lipinski definition) is 1. The van der Waals surface area contributed by atoms with Crippen molar-refractivity contribution in [2.45, 2.75) is 25.7 Å². The third-order valence-electron chi connectivity index (χ3n) is 4.18. The number of amides is 1. The van der Waals surface area contributed by atoms with E-state index in [0.29, 0.717) is 5.56 Å². The summed E-state index contributed by atoms with van der Waals surface area (Å²) in [4.78, 5) is 14.6. The van der Waals surface area contributed by atoms with Gasteiger partial charge in [-0.3, -0.25) is 4.79 Å².